The Morgan fingerprint density at radius 3 is 1.79 bits per heavy atom. The molecule has 0 aliphatic heterocycles. The summed E-state index contributed by atoms with van der Waals surface area (Å²) in [7, 11) is -3.59. The lowest BCUT2D eigenvalue weighted by Crippen LogP contribution is -2.22. The van der Waals surface area contributed by atoms with Crippen LogP contribution in [-0.2, 0) is 16.0 Å². The Morgan fingerprint density at radius 2 is 1.31 bits per heavy atom. The molecule has 3 nitrogen and oxygen atoms in total. The minimum Gasteiger partial charge on any atom is -0.328 e. The smallest absolute Gasteiger partial charge is 0.328 e. The minimum atomic E-state index is -4.46. The predicted octanol–water partition coefficient (Wildman–Crippen LogP) is 5.10. The highest BCUT2D eigenvalue weighted by Gasteiger charge is 2.33. The molecule has 1 saturated carbocycles. The van der Waals surface area contributed by atoms with Gasteiger partial charge in [-0.2, -0.15) is 13.2 Å². The second kappa shape index (κ2) is 9.67. The Kier molecular flexibility index (Phi) is 7.76. The molecular formula is C20H22F5NO2S. The summed E-state index contributed by atoms with van der Waals surface area (Å²) < 4.78 is 86.3. The van der Waals surface area contributed by atoms with Crippen LogP contribution in [0.15, 0.2) is 53.4 Å². The highest BCUT2D eigenvalue weighted by molar-refractivity contribution is 7.92. The third-order valence-corrected chi connectivity index (χ3v) is 6.99. The van der Waals surface area contributed by atoms with Crippen LogP contribution in [0.5, 0.6) is 0 Å². The maximum atomic E-state index is 12.5. The summed E-state index contributed by atoms with van der Waals surface area (Å²) in [5, 5.41) is -0.553. The number of sulfone groups is 1. The van der Waals surface area contributed by atoms with E-state index < -0.39 is 38.5 Å². The van der Waals surface area contributed by atoms with Crippen molar-refractivity contribution in [1.82, 2.24) is 0 Å². The monoisotopic (exact) mass is 435 g/mol. The van der Waals surface area contributed by atoms with E-state index in [2.05, 4.69) is 0 Å². The van der Waals surface area contributed by atoms with Gasteiger partial charge in [-0.15, -0.1) is 0 Å². The molecule has 1 aliphatic carbocycles. The van der Waals surface area contributed by atoms with E-state index in [-0.39, 0.29) is 10.9 Å². The van der Waals surface area contributed by atoms with Gasteiger partial charge in [-0.05, 0) is 74.2 Å². The van der Waals surface area contributed by atoms with Crippen molar-refractivity contribution < 1.29 is 30.4 Å². The van der Waals surface area contributed by atoms with Gasteiger partial charge in [-0.1, -0.05) is 6.42 Å². The highest BCUT2D eigenvalue weighted by Crippen LogP contribution is 2.32. The average molecular weight is 435 g/mol. The Balaban J connectivity index is 0.000000313. The first kappa shape index (κ1) is 23.3. The van der Waals surface area contributed by atoms with Crippen LogP contribution in [-0.4, -0.2) is 19.7 Å². The summed E-state index contributed by atoms with van der Waals surface area (Å²) >= 11 is 0. The molecule has 0 bridgehead atoms. The summed E-state index contributed by atoms with van der Waals surface area (Å²) in [5.41, 5.74) is 4.98. The zero-order valence-electron chi connectivity index (χ0n) is 15.5. The number of halogens is 5. The molecular weight excluding hydrogens is 413 g/mol. The molecule has 2 N–H and O–H groups in total. The van der Waals surface area contributed by atoms with E-state index in [1.54, 1.807) is 0 Å². The predicted molar refractivity (Wildman–Crippen MR) is 99.8 cm³/mol. The van der Waals surface area contributed by atoms with Crippen molar-refractivity contribution in [3.63, 3.8) is 0 Å². The number of rotatable bonds is 2. The number of hydrogen-bond acceptors (Lipinski definition) is 3. The Hall–Kier alpha value is -2.00. The zero-order chi connectivity index (χ0) is 21.7. The van der Waals surface area contributed by atoms with E-state index in [9.17, 15) is 30.4 Å². The highest BCUT2D eigenvalue weighted by atomic mass is 32.2. The third-order valence-electron chi connectivity index (χ3n) is 4.71. The van der Waals surface area contributed by atoms with Gasteiger partial charge in [0, 0.05) is 6.04 Å². The van der Waals surface area contributed by atoms with Gasteiger partial charge in [-0.25, -0.2) is 17.2 Å². The molecule has 2 atom stereocenters. The largest absolute Gasteiger partial charge is 0.416 e. The summed E-state index contributed by atoms with van der Waals surface area (Å²) in [6, 6.07) is 8.05. The lowest BCUT2D eigenvalue weighted by Gasteiger charge is -2.16. The Bertz CT molecular complexity index is 860. The molecule has 0 aromatic heterocycles. The Morgan fingerprint density at radius 1 is 0.793 bits per heavy atom. The van der Waals surface area contributed by atoms with Crippen molar-refractivity contribution in [3.8, 4) is 0 Å². The SMILES string of the molecule is Fc1ccc(F)cc1.NC1CCCC(S(=O)(=O)c2ccc(C(F)(F)F)cc2)CC1. The minimum absolute atomic E-state index is 0.0119. The molecule has 0 spiro atoms. The van der Waals surface area contributed by atoms with Gasteiger partial charge in [-0.3, -0.25) is 0 Å². The number of hydrogen-bond donors (Lipinski definition) is 1. The lowest BCUT2D eigenvalue weighted by atomic mass is 10.1. The van der Waals surface area contributed by atoms with E-state index in [1.807, 2.05) is 0 Å². The van der Waals surface area contributed by atoms with E-state index in [0.717, 1.165) is 61.4 Å². The van der Waals surface area contributed by atoms with Gasteiger partial charge in [0.1, 0.15) is 11.6 Å². The number of alkyl halides is 3. The lowest BCUT2D eigenvalue weighted by molar-refractivity contribution is -0.137. The van der Waals surface area contributed by atoms with Crippen molar-refractivity contribution in [3.05, 3.63) is 65.7 Å². The van der Waals surface area contributed by atoms with E-state index >= 15 is 0 Å². The van der Waals surface area contributed by atoms with Crippen LogP contribution < -0.4 is 5.73 Å². The molecule has 0 saturated heterocycles. The van der Waals surface area contributed by atoms with Crippen molar-refractivity contribution >= 4 is 9.84 Å². The topological polar surface area (TPSA) is 60.2 Å². The molecule has 2 unspecified atom stereocenters. The van der Waals surface area contributed by atoms with Crippen LogP contribution >= 0.6 is 0 Å². The summed E-state index contributed by atoms with van der Waals surface area (Å²) in [6.45, 7) is 0. The molecule has 29 heavy (non-hydrogen) atoms. The van der Waals surface area contributed by atoms with Crippen LogP contribution in [0, 0.1) is 11.6 Å². The fourth-order valence-corrected chi connectivity index (χ4v) is 4.89. The second-order valence-corrected chi connectivity index (χ2v) is 9.12. The fraction of sp³-hybridized carbons (Fsp3) is 0.400. The molecule has 0 heterocycles. The molecule has 160 valence electrons. The molecule has 0 amide bonds. The molecule has 0 radical (unpaired) electrons. The summed E-state index contributed by atoms with van der Waals surface area (Å²) in [5.74, 6) is -0.821. The molecule has 1 aliphatic rings. The maximum Gasteiger partial charge on any atom is 0.416 e. The van der Waals surface area contributed by atoms with Gasteiger partial charge >= 0.3 is 6.18 Å². The van der Waals surface area contributed by atoms with Crippen LogP contribution in [0.4, 0.5) is 22.0 Å². The van der Waals surface area contributed by atoms with Gasteiger partial charge < -0.3 is 5.73 Å². The first-order chi connectivity index (χ1) is 13.5. The summed E-state index contributed by atoms with van der Waals surface area (Å²) in [6.07, 6.45) is -1.34. The molecule has 1 fully saturated rings. The summed E-state index contributed by atoms with van der Waals surface area (Å²) in [4.78, 5) is -0.0454. The Labute approximate surface area is 166 Å². The van der Waals surface area contributed by atoms with E-state index in [4.69, 9.17) is 5.73 Å². The fourth-order valence-electron chi connectivity index (χ4n) is 3.06. The number of nitrogens with two attached hydrogens (primary N) is 1. The molecule has 2 aromatic carbocycles. The van der Waals surface area contributed by atoms with Crippen molar-refractivity contribution in [2.75, 3.05) is 0 Å². The van der Waals surface area contributed by atoms with Gasteiger partial charge in [0.2, 0.25) is 0 Å². The van der Waals surface area contributed by atoms with Crippen LogP contribution in [0.2, 0.25) is 0 Å². The van der Waals surface area contributed by atoms with E-state index in [0.29, 0.717) is 19.3 Å². The maximum absolute atomic E-state index is 12.5. The van der Waals surface area contributed by atoms with Crippen LogP contribution in [0.25, 0.3) is 0 Å². The van der Waals surface area contributed by atoms with E-state index in [1.165, 1.54) is 0 Å². The van der Waals surface area contributed by atoms with Crippen LogP contribution in [0.1, 0.15) is 37.7 Å². The average Bonchev–Trinajstić information content (AvgIpc) is 2.89. The number of benzene rings is 2. The van der Waals surface area contributed by atoms with Crippen molar-refractivity contribution in [2.45, 2.75) is 54.5 Å². The van der Waals surface area contributed by atoms with Crippen LogP contribution in [0.3, 0.4) is 0 Å². The first-order valence-corrected chi connectivity index (χ1v) is 10.6. The standard InChI is InChI=1S/C14H18F3NO2S.C6H4F2/c15-14(16,17)10-4-7-13(8-5-10)21(19,20)12-3-1-2-11(18)6-9-12;7-5-1-2-6(8)4-3-5/h4-5,7-8,11-12H,1-3,6,9,18H2;1-4H. The second-order valence-electron chi connectivity index (χ2n) is 6.89. The van der Waals surface area contributed by atoms with Gasteiger partial charge in [0.05, 0.1) is 15.7 Å². The molecule has 9 heteroatoms. The quantitative estimate of drug-likeness (QED) is 0.527. The third kappa shape index (κ3) is 6.78. The van der Waals surface area contributed by atoms with Gasteiger partial charge in [0.15, 0.2) is 9.84 Å². The molecule has 2 aromatic rings. The zero-order valence-corrected chi connectivity index (χ0v) is 16.3. The normalized spacial score (nSPS) is 20.3. The van der Waals surface area contributed by atoms with Crippen molar-refractivity contribution in [1.29, 1.82) is 0 Å². The molecule has 3 rings (SSSR count). The first-order valence-electron chi connectivity index (χ1n) is 9.08. The van der Waals surface area contributed by atoms with Gasteiger partial charge in [0.25, 0.3) is 0 Å². The van der Waals surface area contributed by atoms with Crippen molar-refractivity contribution in [2.24, 2.45) is 5.73 Å².